The molecule has 0 aliphatic carbocycles. The summed E-state index contributed by atoms with van der Waals surface area (Å²) in [4.78, 5) is 19.0. The maximum absolute atomic E-state index is 13.6. The average Bonchev–Trinajstić information content (AvgIpc) is 3.61. The second-order valence-electron chi connectivity index (χ2n) is 9.88. The molecule has 0 spiro atoms. The number of ether oxygens (including phenoxy) is 3. The minimum Gasteiger partial charge on any atom is -0.486 e. The molecule has 0 saturated carbocycles. The molecule has 0 bridgehead atoms. The van der Waals surface area contributed by atoms with Crippen molar-refractivity contribution < 1.29 is 14.2 Å². The Morgan fingerprint density at radius 1 is 1.05 bits per heavy atom. The summed E-state index contributed by atoms with van der Waals surface area (Å²) < 4.78 is 19.2. The lowest BCUT2D eigenvalue weighted by Gasteiger charge is -2.35. The van der Waals surface area contributed by atoms with Gasteiger partial charge in [-0.25, -0.2) is 4.68 Å². The third-order valence-electron chi connectivity index (χ3n) is 7.56. The van der Waals surface area contributed by atoms with E-state index in [-0.39, 0.29) is 11.7 Å². The molecule has 1 N–H and O–H groups in total. The molecule has 2 aromatic heterocycles. The fourth-order valence-electron chi connectivity index (χ4n) is 5.72. The molecule has 4 aromatic rings. The highest BCUT2D eigenvalue weighted by Crippen LogP contribution is 2.36. The molecule has 37 heavy (non-hydrogen) atoms. The molecule has 10 heteroatoms. The minimum absolute atomic E-state index is 0.0727. The van der Waals surface area contributed by atoms with Gasteiger partial charge in [0.05, 0.1) is 18.2 Å². The van der Waals surface area contributed by atoms with E-state index in [0.717, 1.165) is 37.8 Å². The van der Waals surface area contributed by atoms with Crippen molar-refractivity contribution in [2.75, 3.05) is 26.4 Å². The summed E-state index contributed by atoms with van der Waals surface area (Å²) in [5.74, 6) is 1.98. The maximum Gasteiger partial charge on any atom is 0.253 e. The molecular formula is C27H28N6O4. The molecule has 1 saturated heterocycles. The van der Waals surface area contributed by atoms with Gasteiger partial charge in [0.25, 0.3) is 5.56 Å². The second-order valence-corrected chi connectivity index (χ2v) is 9.88. The fraction of sp³-hybridized carbons (Fsp3) is 0.407. The van der Waals surface area contributed by atoms with E-state index in [2.05, 4.69) is 49.7 Å². The molecular weight excluding hydrogens is 472 g/mol. The Hall–Kier alpha value is -3.76. The van der Waals surface area contributed by atoms with Crippen molar-refractivity contribution in [3.63, 3.8) is 0 Å². The standard InChI is InChI=1S/C27H28N6O4/c34-27-21(12-19-13-23-24(14-22(19)28-27)37-11-10-36-23)25(32-8-7-17-4-1-2-5-18(17)15-32)26-29-30-31-33(26)16-20-6-3-9-35-20/h1-2,4-5,12-14,20,25H,3,6-11,15-16H2,(H,28,34). The zero-order valence-electron chi connectivity index (χ0n) is 20.4. The van der Waals surface area contributed by atoms with Crippen LogP contribution in [0.1, 0.15) is 41.4 Å². The summed E-state index contributed by atoms with van der Waals surface area (Å²) in [5.41, 5.74) is 3.74. The van der Waals surface area contributed by atoms with E-state index < -0.39 is 6.04 Å². The minimum atomic E-state index is -0.425. The lowest BCUT2D eigenvalue weighted by molar-refractivity contribution is 0.0904. The van der Waals surface area contributed by atoms with E-state index in [0.29, 0.717) is 54.7 Å². The van der Waals surface area contributed by atoms with Gasteiger partial charge in [-0.3, -0.25) is 9.69 Å². The average molecular weight is 501 g/mol. The Morgan fingerprint density at radius 2 is 1.89 bits per heavy atom. The summed E-state index contributed by atoms with van der Waals surface area (Å²) >= 11 is 0. The highest BCUT2D eigenvalue weighted by Gasteiger charge is 2.33. The van der Waals surface area contributed by atoms with Gasteiger partial charge in [0.2, 0.25) is 0 Å². The van der Waals surface area contributed by atoms with Gasteiger partial charge in [-0.2, -0.15) is 0 Å². The number of benzene rings is 2. The number of pyridine rings is 1. The van der Waals surface area contributed by atoms with Crippen LogP contribution in [0.25, 0.3) is 10.9 Å². The van der Waals surface area contributed by atoms with Crippen LogP contribution in [0.2, 0.25) is 0 Å². The fourth-order valence-corrected chi connectivity index (χ4v) is 5.72. The molecule has 0 radical (unpaired) electrons. The van der Waals surface area contributed by atoms with Crippen molar-refractivity contribution in [2.24, 2.45) is 0 Å². The molecule has 1 fully saturated rings. The lowest BCUT2D eigenvalue weighted by atomic mass is 9.96. The van der Waals surface area contributed by atoms with Crippen LogP contribution in [-0.4, -0.2) is 62.6 Å². The van der Waals surface area contributed by atoms with Gasteiger partial charge in [0.1, 0.15) is 19.3 Å². The molecule has 3 aliphatic rings. The van der Waals surface area contributed by atoms with E-state index in [1.165, 1.54) is 11.1 Å². The third kappa shape index (κ3) is 4.15. The summed E-state index contributed by atoms with van der Waals surface area (Å²) in [6, 6.07) is 13.8. The number of fused-ring (bicyclic) bond motifs is 3. The van der Waals surface area contributed by atoms with E-state index in [9.17, 15) is 4.79 Å². The summed E-state index contributed by atoms with van der Waals surface area (Å²) in [5, 5.41) is 13.7. The van der Waals surface area contributed by atoms with Gasteiger partial charge >= 0.3 is 0 Å². The van der Waals surface area contributed by atoms with E-state index in [4.69, 9.17) is 14.2 Å². The molecule has 2 unspecified atom stereocenters. The monoisotopic (exact) mass is 500 g/mol. The predicted octanol–water partition coefficient (Wildman–Crippen LogP) is 2.61. The number of rotatable bonds is 5. The zero-order chi connectivity index (χ0) is 24.8. The van der Waals surface area contributed by atoms with Crippen LogP contribution in [0.5, 0.6) is 11.5 Å². The molecule has 3 aliphatic heterocycles. The topological polar surface area (TPSA) is 107 Å². The SMILES string of the molecule is O=c1[nH]c2cc3c(cc2cc1C(c1nnnn1CC1CCCO1)N1CCc2ccccc2C1)OCCO3. The Labute approximate surface area is 213 Å². The van der Waals surface area contributed by atoms with Crippen molar-refractivity contribution >= 4 is 10.9 Å². The quantitative estimate of drug-likeness (QED) is 0.446. The number of H-pyrrole nitrogens is 1. The molecule has 2 aromatic carbocycles. The van der Waals surface area contributed by atoms with Crippen LogP contribution in [0.3, 0.4) is 0 Å². The summed E-state index contributed by atoms with van der Waals surface area (Å²) in [6.45, 7) is 3.80. The summed E-state index contributed by atoms with van der Waals surface area (Å²) in [7, 11) is 0. The Kier molecular flexibility index (Phi) is 5.63. The number of hydrogen-bond acceptors (Lipinski definition) is 8. The number of nitrogens with zero attached hydrogens (tertiary/aromatic N) is 5. The number of aromatic amines is 1. The Morgan fingerprint density at radius 3 is 2.73 bits per heavy atom. The Bertz CT molecular complexity index is 1510. The van der Waals surface area contributed by atoms with Gasteiger partial charge in [0.15, 0.2) is 17.3 Å². The molecule has 190 valence electrons. The highest BCUT2D eigenvalue weighted by atomic mass is 16.6. The Balaban J connectivity index is 1.34. The number of hydrogen-bond donors (Lipinski definition) is 1. The first kappa shape index (κ1) is 22.4. The van der Waals surface area contributed by atoms with Crippen molar-refractivity contribution in [1.82, 2.24) is 30.1 Å². The van der Waals surface area contributed by atoms with E-state index in [1.54, 1.807) is 0 Å². The van der Waals surface area contributed by atoms with Crippen LogP contribution in [0.4, 0.5) is 0 Å². The highest BCUT2D eigenvalue weighted by molar-refractivity contribution is 5.83. The van der Waals surface area contributed by atoms with Gasteiger partial charge in [-0.1, -0.05) is 24.3 Å². The first-order valence-electron chi connectivity index (χ1n) is 12.9. The van der Waals surface area contributed by atoms with Crippen molar-refractivity contribution in [3.05, 3.63) is 75.3 Å². The van der Waals surface area contributed by atoms with Gasteiger partial charge < -0.3 is 19.2 Å². The number of tetrazole rings is 1. The first-order chi connectivity index (χ1) is 18.2. The zero-order valence-corrected chi connectivity index (χ0v) is 20.4. The third-order valence-corrected chi connectivity index (χ3v) is 7.56. The summed E-state index contributed by atoms with van der Waals surface area (Å²) in [6.07, 6.45) is 2.98. The van der Waals surface area contributed by atoms with Crippen LogP contribution >= 0.6 is 0 Å². The molecule has 5 heterocycles. The van der Waals surface area contributed by atoms with Crippen molar-refractivity contribution in [2.45, 2.75) is 44.5 Å². The lowest BCUT2D eigenvalue weighted by Crippen LogP contribution is -2.39. The van der Waals surface area contributed by atoms with Crippen LogP contribution in [-0.2, 0) is 24.2 Å². The van der Waals surface area contributed by atoms with Crippen LogP contribution in [0.15, 0.2) is 47.3 Å². The molecule has 2 atom stereocenters. The number of nitrogens with one attached hydrogen (secondary N) is 1. The largest absolute Gasteiger partial charge is 0.486 e. The molecule has 0 amide bonds. The normalized spacial score (nSPS) is 20.2. The van der Waals surface area contributed by atoms with E-state index >= 15 is 0 Å². The van der Waals surface area contributed by atoms with Crippen LogP contribution < -0.4 is 15.0 Å². The molecule has 10 nitrogen and oxygen atoms in total. The number of aromatic nitrogens is 5. The predicted molar refractivity (Wildman–Crippen MR) is 135 cm³/mol. The molecule has 7 rings (SSSR count). The second kappa shape index (κ2) is 9.28. The maximum atomic E-state index is 13.6. The van der Waals surface area contributed by atoms with Crippen molar-refractivity contribution in [3.8, 4) is 11.5 Å². The smallest absolute Gasteiger partial charge is 0.253 e. The van der Waals surface area contributed by atoms with Gasteiger partial charge in [0, 0.05) is 36.7 Å². The van der Waals surface area contributed by atoms with Crippen molar-refractivity contribution in [1.29, 1.82) is 0 Å². The van der Waals surface area contributed by atoms with E-state index in [1.807, 2.05) is 22.9 Å². The van der Waals surface area contributed by atoms with Gasteiger partial charge in [-0.05, 0) is 52.9 Å². The van der Waals surface area contributed by atoms with Crippen LogP contribution in [0, 0.1) is 0 Å². The van der Waals surface area contributed by atoms with Gasteiger partial charge in [-0.15, -0.1) is 5.10 Å². The first-order valence-corrected chi connectivity index (χ1v) is 12.9.